The van der Waals surface area contributed by atoms with Gasteiger partial charge in [0.05, 0.1) is 0 Å². The summed E-state index contributed by atoms with van der Waals surface area (Å²) in [6.45, 7) is 8.57. The third-order valence-corrected chi connectivity index (χ3v) is 4.50. The predicted molar refractivity (Wildman–Crippen MR) is 106 cm³/mol. The molecule has 0 saturated carbocycles. The second-order valence-corrected chi connectivity index (χ2v) is 7.06. The van der Waals surface area contributed by atoms with E-state index in [1.807, 2.05) is 32.0 Å². The lowest BCUT2D eigenvalue weighted by atomic mass is 9.93. The van der Waals surface area contributed by atoms with E-state index in [9.17, 15) is 9.90 Å². The van der Waals surface area contributed by atoms with E-state index in [-0.39, 0.29) is 19.1 Å². The van der Waals surface area contributed by atoms with Gasteiger partial charge in [-0.3, -0.25) is 0 Å². The number of ether oxygens (including phenoxy) is 2. The first-order valence-corrected chi connectivity index (χ1v) is 9.22. The molecule has 0 fully saturated rings. The predicted octanol–water partition coefficient (Wildman–Crippen LogP) is 3.60. The van der Waals surface area contributed by atoms with Gasteiger partial charge >= 0.3 is 5.97 Å². The summed E-state index contributed by atoms with van der Waals surface area (Å²) in [5, 5.41) is 10.0. The van der Waals surface area contributed by atoms with Gasteiger partial charge in [0.25, 0.3) is 0 Å². The Hall–Kier alpha value is -2.53. The first kappa shape index (κ1) is 20.8. The molecule has 27 heavy (non-hydrogen) atoms. The molecule has 0 spiro atoms. The van der Waals surface area contributed by atoms with Crippen LogP contribution in [0.25, 0.3) is 0 Å². The lowest BCUT2D eigenvalue weighted by Gasteiger charge is -2.15. The third kappa shape index (κ3) is 5.73. The molecule has 0 radical (unpaired) electrons. The van der Waals surface area contributed by atoms with Crippen molar-refractivity contribution in [3.63, 3.8) is 0 Å². The number of carbonyl (C=O) groups is 1. The Balaban J connectivity index is 2.13. The van der Waals surface area contributed by atoms with E-state index in [0.717, 1.165) is 28.7 Å². The molecule has 0 amide bonds. The van der Waals surface area contributed by atoms with E-state index in [1.54, 1.807) is 6.07 Å². The summed E-state index contributed by atoms with van der Waals surface area (Å²) >= 11 is 0. The van der Waals surface area contributed by atoms with Gasteiger partial charge in [-0.2, -0.15) is 0 Å². The fraction of sp³-hybridized carbons (Fsp3) is 0.409. The standard InChI is InChI=1S/C22H29NO4/c1-14(2)19-11-17(5-6-21(19)24)12-20-15(3)9-18(10-16(20)4)27-13-22(25)26-8-7-23/h5-6,9-11,14,24H,7-8,12-13,23H2,1-4H3. The molecule has 0 aliphatic carbocycles. The zero-order chi connectivity index (χ0) is 20.0. The number of hydrogen-bond acceptors (Lipinski definition) is 5. The maximum Gasteiger partial charge on any atom is 0.344 e. The third-order valence-electron chi connectivity index (χ3n) is 4.50. The molecule has 3 N–H and O–H groups in total. The number of carbonyl (C=O) groups excluding carboxylic acids is 1. The van der Waals surface area contributed by atoms with Gasteiger partial charge in [-0.05, 0) is 72.2 Å². The lowest BCUT2D eigenvalue weighted by Crippen LogP contribution is -2.19. The Kier molecular flexibility index (Phi) is 7.25. The van der Waals surface area contributed by atoms with Crippen molar-refractivity contribution in [1.29, 1.82) is 0 Å². The van der Waals surface area contributed by atoms with Crippen molar-refractivity contribution in [2.24, 2.45) is 5.73 Å². The largest absolute Gasteiger partial charge is 0.508 e. The minimum Gasteiger partial charge on any atom is -0.508 e. The van der Waals surface area contributed by atoms with Crippen molar-refractivity contribution in [2.45, 2.75) is 40.0 Å². The van der Waals surface area contributed by atoms with Crippen LogP contribution in [0.5, 0.6) is 11.5 Å². The van der Waals surface area contributed by atoms with Gasteiger partial charge in [-0.15, -0.1) is 0 Å². The molecule has 5 heteroatoms. The molecule has 2 rings (SSSR count). The van der Waals surface area contributed by atoms with Gasteiger partial charge in [0.1, 0.15) is 18.1 Å². The summed E-state index contributed by atoms with van der Waals surface area (Å²) in [6, 6.07) is 9.65. The quantitative estimate of drug-likeness (QED) is 0.693. The van der Waals surface area contributed by atoms with Crippen LogP contribution in [0.2, 0.25) is 0 Å². The fourth-order valence-electron chi connectivity index (χ4n) is 3.05. The summed E-state index contributed by atoms with van der Waals surface area (Å²) in [4.78, 5) is 11.5. The molecular formula is C22H29NO4. The number of aromatic hydroxyl groups is 1. The van der Waals surface area contributed by atoms with Crippen LogP contribution in [-0.4, -0.2) is 30.8 Å². The Morgan fingerprint density at radius 1 is 1.15 bits per heavy atom. The molecular weight excluding hydrogens is 342 g/mol. The van der Waals surface area contributed by atoms with Crippen LogP contribution in [0, 0.1) is 13.8 Å². The van der Waals surface area contributed by atoms with Crippen molar-refractivity contribution in [3.8, 4) is 11.5 Å². The summed E-state index contributed by atoms with van der Waals surface area (Å²) in [6.07, 6.45) is 0.774. The second-order valence-electron chi connectivity index (χ2n) is 7.06. The van der Waals surface area contributed by atoms with E-state index in [2.05, 4.69) is 19.9 Å². The first-order valence-electron chi connectivity index (χ1n) is 9.22. The smallest absolute Gasteiger partial charge is 0.344 e. The molecule has 0 atom stereocenters. The second kappa shape index (κ2) is 9.42. The number of hydrogen-bond donors (Lipinski definition) is 2. The van der Waals surface area contributed by atoms with Gasteiger partial charge in [0.15, 0.2) is 6.61 Å². The number of phenolic OH excluding ortho intramolecular Hbond substituents is 1. The van der Waals surface area contributed by atoms with Crippen LogP contribution in [0.15, 0.2) is 30.3 Å². The Bertz CT molecular complexity index is 776. The molecule has 0 aliphatic heterocycles. The monoisotopic (exact) mass is 371 g/mol. The molecule has 0 saturated heterocycles. The summed E-state index contributed by atoms with van der Waals surface area (Å²) in [7, 11) is 0. The van der Waals surface area contributed by atoms with Crippen molar-refractivity contribution >= 4 is 5.97 Å². The fourth-order valence-corrected chi connectivity index (χ4v) is 3.05. The number of phenols is 1. The summed E-state index contributed by atoms with van der Waals surface area (Å²) in [5.41, 5.74) is 10.8. The number of esters is 1. The van der Waals surface area contributed by atoms with E-state index >= 15 is 0 Å². The van der Waals surface area contributed by atoms with Crippen LogP contribution in [0.1, 0.15) is 47.6 Å². The van der Waals surface area contributed by atoms with Crippen LogP contribution >= 0.6 is 0 Å². The Morgan fingerprint density at radius 3 is 2.41 bits per heavy atom. The van der Waals surface area contributed by atoms with Gasteiger partial charge in [-0.25, -0.2) is 4.79 Å². The number of nitrogens with two attached hydrogens (primary N) is 1. The molecule has 0 heterocycles. The van der Waals surface area contributed by atoms with E-state index in [0.29, 0.717) is 18.0 Å². The van der Waals surface area contributed by atoms with Gasteiger partial charge in [-0.1, -0.05) is 26.0 Å². The minimum absolute atomic E-state index is 0.131. The molecule has 0 aliphatic rings. The zero-order valence-corrected chi connectivity index (χ0v) is 16.5. The van der Waals surface area contributed by atoms with E-state index in [4.69, 9.17) is 15.2 Å². The highest BCUT2D eigenvalue weighted by molar-refractivity contribution is 5.71. The SMILES string of the molecule is Cc1cc(OCC(=O)OCCN)cc(C)c1Cc1ccc(O)c(C(C)C)c1. The molecule has 2 aromatic rings. The Labute approximate surface area is 161 Å². The number of benzene rings is 2. The van der Waals surface area contributed by atoms with E-state index < -0.39 is 5.97 Å². The van der Waals surface area contributed by atoms with Gasteiger partial charge in [0.2, 0.25) is 0 Å². The minimum atomic E-state index is -0.426. The van der Waals surface area contributed by atoms with Crippen LogP contribution < -0.4 is 10.5 Å². The summed E-state index contributed by atoms with van der Waals surface area (Å²) in [5.74, 6) is 0.826. The molecule has 0 bridgehead atoms. The van der Waals surface area contributed by atoms with Crippen LogP contribution in [0.4, 0.5) is 0 Å². The zero-order valence-electron chi connectivity index (χ0n) is 16.5. The van der Waals surface area contributed by atoms with Crippen molar-refractivity contribution < 1.29 is 19.4 Å². The molecule has 2 aromatic carbocycles. The lowest BCUT2D eigenvalue weighted by molar-refractivity contribution is -0.145. The van der Waals surface area contributed by atoms with E-state index in [1.165, 1.54) is 5.56 Å². The number of rotatable bonds is 8. The normalized spacial score (nSPS) is 10.9. The topological polar surface area (TPSA) is 81.8 Å². The van der Waals surface area contributed by atoms with Crippen LogP contribution in [0.3, 0.4) is 0 Å². The van der Waals surface area contributed by atoms with Crippen molar-refractivity contribution in [3.05, 3.63) is 58.1 Å². The van der Waals surface area contributed by atoms with Crippen molar-refractivity contribution in [2.75, 3.05) is 19.8 Å². The molecule has 5 nitrogen and oxygen atoms in total. The first-order chi connectivity index (χ1) is 12.8. The number of aryl methyl sites for hydroxylation is 2. The average Bonchev–Trinajstić information content (AvgIpc) is 2.62. The highest BCUT2D eigenvalue weighted by Crippen LogP contribution is 2.29. The Morgan fingerprint density at radius 2 is 1.81 bits per heavy atom. The molecule has 0 aromatic heterocycles. The summed E-state index contributed by atoms with van der Waals surface area (Å²) < 4.78 is 10.5. The van der Waals surface area contributed by atoms with Gasteiger partial charge < -0.3 is 20.3 Å². The maximum atomic E-state index is 11.5. The molecule has 0 unspecified atom stereocenters. The highest BCUT2D eigenvalue weighted by Gasteiger charge is 2.12. The average molecular weight is 371 g/mol. The van der Waals surface area contributed by atoms with Gasteiger partial charge in [0, 0.05) is 6.54 Å². The maximum absolute atomic E-state index is 11.5. The van der Waals surface area contributed by atoms with Crippen molar-refractivity contribution in [1.82, 2.24) is 0 Å². The van der Waals surface area contributed by atoms with Crippen LogP contribution in [-0.2, 0) is 16.0 Å². The molecule has 146 valence electrons. The highest BCUT2D eigenvalue weighted by atomic mass is 16.6.